The first kappa shape index (κ1) is 9.97. The Bertz CT molecular complexity index is 395. The summed E-state index contributed by atoms with van der Waals surface area (Å²) in [7, 11) is 0. The van der Waals surface area contributed by atoms with Crippen LogP contribution in [0.15, 0.2) is 36.4 Å². The summed E-state index contributed by atoms with van der Waals surface area (Å²) in [5.74, 6) is -0.000738. The first-order chi connectivity index (χ1) is 7.31. The molecule has 2 heteroatoms. The number of amides is 1. The summed E-state index contributed by atoms with van der Waals surface area (Å²) in [4.78, 5) is 11.4. The Labute approximate surface area is 90.0 Å². The number of nitrogens with one attached hydrogen (secondary N) is 1. The SMILES string of the molecule is CC=CC(=O)NC1CCc2ccccc21. The van der Waals surface area contributed by atoms with E-state index in [1.165, 1.54) is 11.1 Å². The van der Waals surface area contributed by atoms with Gasteiger partial charge in [-0.2, -0.15) is 0 Å². The fourth-order valence-corrected chi connectivity index (χ4v) is 2.08. The van der Waals surface area contributed by atoms with E-state index in [2.05, 4.69) is 23.5 Å². The van der Waals surface area contributed by atoms with Crippen molar-refractivity contribution in [2.24, 2.45) is 0 Å². The molecule has 0 aliphatic heterocycles. The zero-order chi connectivity index (χ0) is 10.7. The van der Waals surface area contributed by atoms with Gasteiger partial charge in [-0.05, 0) is 37.0 Å². The predicted molar refractivity (Wildman–Crippen MR) is 60.5 cm³/mol. The van der Waals surface area contributed by atoms with Gasteiger partial charge in [0.15, 0.2) is 0 Å². The Morgan fingerprint density at radius 1 is 1.47 bits per heavy atom. The van der Waals surface area contributed by atoms with Gasteiger partial charge in [0.2, 0.25) is 5.91 Å². The summed E-state index contributed by atoms with van der Waals surface area (Å²) in [5, 5.41) is 3.01. The lowest BCUT2D eigenvalue weighted by molar-refractivity contribution is -0.117. The van der Waals surface area contributed by atoms with Crippen molar-refractivity contribution in [1.29, 1.82) is 0 Å². The maximum Gasteiger partial charge on any atom is 0.244 e. The van der Waals surface area contributed by atoms with Crippen molar-refractivity contribution in [1.82, 2.24) is 5.32 Å². The lowest BCUT2D eigenvalue weighted by Crippen LogP contribution is -2.25. The molecule has 0 radical (unpaired) electrons. The molecule has 1 atom stereocenters. The Balaban J connectivity index is 2.11. The second-order valence-corrected chi connectivity index (χ2v) is 3.80. The van der Waals surface area contributed by atoms with Crippen molar-refractivity contribution >= 4 is 5.91 Å². The van der Waals surface area contributed by atoms with E-state index in [0.29, 0.717) is 0 Å². The van der Waals surface area contributed by atoms with E-state index in [-0.39, 0.29) is 11.9 Å². The number of allylic oxidation sites excluding steroid dienone is 1. The molecule has 0 saturated carbocycles. The summed E-state index contributed by atoms with van der Waals surface area (Å²) in [6.07, 6.45) is 5.41. The molecular weight excluding hydrogens is 186 g/mol. The van der Waals surface area contributed by atoms with Gasteiger partial charge in [0.25, 0.3) is 0 Å². The third-order valence-electron chi connectivity index (χ3n) is 2.77. The second-order valence-electron chi connectivity index (χ2n) is 3.80. The van der Waals surface area contributed by atoms with Crippen LogP contribution in [0.1, 0.15) is 30.5 Å². The van der Waals surface area contributed by atoms with Gasteiger partial charge in [0.05, 0.1) is 6.04 Å². The molecule has 1 aliphatic rings. The van der Waals surface area contributed by atoms with Gasteiger partial charge >= 0.3 is 0 Å². The van der Waals surface area contributed by atoms with E-state index in [1.807, 2.05) is 13.0 Å². The average molecular weight is 201 g/mol. The molecule has 15 heavy (non-hydrogen) atoms. The Morgan fingerprint density at radius 2 is 2.27 bits per heavy atom. The highest BCUT2D eigenvalue weighted by Crippen LogP contribution is 2.30. The zero-order valence-corrected chi connectivity index (χ0v) is 8.86. The number of carbonyl (C=O) groups excluding carboxylic acids is 1. The molecule has 1 aliphatic carbocycles. The molecule has 1 N–H and O–H groups in total. The Morgan fingerprint density at radius 3 is 3.07 bits per heavy atom. The number of carbonyl (C=O) groups is 1. The molecule has 0 aromatic heterocycles. The molecule has 0 fully saturated rings. The molecule has 0 saturated heterocycles. The van der Waals surface area contributed by atoms with Crippen LogP contribution in [0.3, 0.4) is 0 Å². The summed E-state index contributed by atoms with van der Waals surface area (Å²) >= 11 is 0. The molecule has 1 aromatic carbocycles. The predicted octanol–water partition coefficient (Wildman–Crippen LogP) is 2.37. The van der Waals surface area contributed by atoms with Gasteiger partial charge in [-0.3, -0.25) is 4.79 Å². The van der Waals surface area contributed by atoms with Crippen molar-refractivity contribution in [2.75, 3.05) is 0 Å². The van der Waals surface area contributed by atoms with Gasteiger partial charge in [0.1, 0.15) is 0 Å². The molecule has 1 amide bonds. The maximum atomic E-state index is 11.4. The van der Waals surface area contributed by atoms with Crippen LogP contribution >= 0.6 is 0 Å². The molecular formula is C13H15NO. The fourth-order valence-electron chi connectivity index (χ4n) is 2.08. The van der Waals surface area contributed by atoms with E-state index in [1.54, 1.807) is 12.2 Å². The highest BCUT2D eigenvalue weighted by Gasteiger charge is 2.22. The van der Waals surface area contributed by atoms with Crippen LogP contribution in [0, 0.1) is 0 Å². The van der Waals surface area contributed by atoms with Crippen LogP contribution in [-0.2, 0) is 11.2 Å². The van der Waals surface area contributed by atoms with Gasteiger partial charge < -0.3 is 5.32 Å². The summed E-state index contributed by atoms with van der Waals surface area (Å²) < 4.78 is 0. The topological polar surface area (TPSA) is 29.1 Å². The molecule has 0 bridgehead atoms. The number of hydrogen-bond acceptors (Lipinski definition) is 1. The van der Waals surface area contributed by atoms with E-state index in [0.717, 1.165) is 12.8 Å². The molecule has 0 heterocycles. The largest absolute Gasteiger partial charge is 0.346 e. The summed E-state index contributed by atoms with van der Waals surface area (Å²) in [5.41, 5.74) is 2.64. The van der Waals surface area contributed by atoms with E-state index in [9.17, 15) is 4.79 Å². The molecule has 1 unspecified atom stereocenters. The maximum absolute atomic E-state index is 11.4. The molecule has 0 spiro atoms. The van der Waals surface area contributed by atoms with Crippen molar-refractivity contribution < 1.29 is 4.79 Å². The monoisotopic (exact) mass is 201 g/mol. The lowest BCUT2D eigenvalue weighted by Gasteiger charge is -2.12. The van der Waals surface area contributed by atoms with Crippen molar-refractivity contribution in [3.8, 4) is 0 Å². The third kappa shape index (κ3) is 2.09. The van der Waals surface area contributed by atoms with Crippen LogP contribution in [-0.4, -0.2) is 5.91 Å². The third-order valence-corrected chi connectivity index (χ3v) is 2.77. The van der Waals surface area contributed by atoms with E-state index in [4.69, 9.17) is 0 Å². The minimum atomic E-state index is -0.000738. The van der Waals surface area contributed by atoms with Crippen LogP contribution in [0.4, 0.5) is 0 Å². The number of hydrogen-bond donors (Lipinski definition) is 1. The van der Waals surface area contributed by atoms with Crippen LogP contribution in [0.25, 0.3) is 0 Å². The quantitative estimate of drug-likeness (QED) is 0.731. The first-order valence-corrected chi connectivity index (χ1v) is 5.32. The molecule has 2 nitrogen and oxygen atoms in total. The van der Waals surface area contributed by atoms with Crippen LogP contribution < -0.4 is 5.32 Å². The second kappa shape index (κ2) is 4.30. The lowest BCUT2D eigenvalue weighted by atomic mass is 10.1. The van der Waals surface area contributed by atoms with Crippen molar-refractivity contribution in [2.45, 2.75) is 25.8 Å². The zero-order valence-electron chi connectivity index (χ0n) is 8.86. The highest BCUT2D eigenvalue weighted by molar-refractivity contribution is 5.87. The van der Waals surface area contributed by atoms with E-state index < -0.39 is 0 Å². The molecule has 1 aromatic rings. The molecule has 2 rings (SSSR count). The Hall–Kier alpha value is -1.57. The van der Waals surface area contributed by atoms with Crippen LogP contribution in [0.2, 0.25) is 0 Å². The standard InChI is InChI=1S/C13H15NO/c1-2-5-13(15)14-12-9-8-10-6-3-4-7-11(10)12/h2-7,12H,8-9H2,1H3,(H,14,15). The van der Waals surface area contributed by atoms with E-state index >= 15 is 0 Å². The van der Waals surface area contributed by atoms with Gasteiger partial charge in [-0.1, -0.05) is 30.3 Å². The smallest absolute Gasteiger partial charge is 0.244 e. The van der Waals surface area contributed by atoms with Gasteiger partial charge in [-0.15, -0.1) is 0 Å². The minimum absolute atomic E-state index is 0.000738. The van der Waals surface area contributed by atoms with Crippen LogP contribution in [0.5, 0.6) is 0 Å². The Kier molecular flexibility index (Phi) is 2.86. The first-order valence-electron chi connectivity index (χ1n) is 5.32. The number of benzene rings is 1. The molecule has 78 valence electrons. The van der Waals surface area contributed by atoms with Crippen molar-refractivity contribution in [3.05, 3.63) is 47.5 Å². The summed E-state index contributed by atoms with van der Waals surface area (Å²) in [6, 6.07) is 8.51. The summed E-state index contributed by atoms with van der Waals surface area (Å²) in [6.45, 7) is 1.85. The van der Waals surface area contributed by atoms with Gasteiger partial charge in [-0.25, -0.2) is 0 Å². The highest BCUT2D eigenvalue weighted by atomic mass is 16.1. The fraction of sp³-hybridized carbons (Fsp3) is 0.308. The minimum Gasteiger partial charge on any atom is -0.346 e. The normalized spacial score (nSPS) is 19.1. The van der Waals surface area contributed by atoms with Gasteiger partial charge in [0, 0.05) is 0 Å². The van der Waals surface area contributed by atoms with Crippen molar-refractivity contribution in [3.63, 3.8) is 0 Å². The number of aryl methyl sites for hydroxylation is 1. The number of fused-ring (bicyclic) bond motifs is 1. The number of rotatable bonds is 2. The average Bonchev–Trinajstić information content (AvgIpc) is 2.62.